The fourth-order valence-electron chi connectivity index (χ4n) is 3.21. The van der Waals surface area contributed by atoms with Crippen LogP contribution in [0.3, 0.4) is 0 Å². The first-order chi connectivity index (χ1) is 10.1. The molecule has 6 nitrogen and oxygen atoms in total. The summed E-state index contributed by atoms with van der Waals surface area (Å²) in [5, 5.41) is 9.36. The topological polar surface area (TPSA) is 70.1 Å². The molecule has 0 bridgehead atoms. The van der Waals surface area contributed by atoms with Gasteiger partial charge in [-0.25, -0.2) is 9.59 Å². The molecule has 1 atom stereocenters. The lowest BCUT2D eigenvalue weighted by Crippen LogP contribution is -2.50. The summed E-state index contributed by atoms with van der Waals surface area (Å²) in [6.45, 7) is 2.75. The summed E-state index contributed by atoms with van der Waals surface area (Å²) in [7, 11) is 1.78. The van der Waals surface area contributed by atoms with E-state index in [9.17, 15) is 14.7 Å². The van der Waals surface area contributed by atoms with Crippen LogP contribution in [0, 0.1) is 5.92 Å². The number of amides is 2. The predicted molar refractivity (Wildman–Crippen MR) is 78.2 cm³/mol. The van der Waals surface area contributed by atoms with Crippen LogP contribution in [0.25, 0.3) is 0 Å². The fourth-order valence-corrected chi connectivity index (χ4v) is 3.21. The van der Waals surface area contributed by atoms with Crippen LogP contribution in [0.5, 0.6) is 0 Å². The third-order valence-corrected chi connectivity index (χ3v) is 4.48. The molecule has 120 valence electrons. The van der Waals surface area contributed by atoms with E-state index in [1.807, 2.05) is 0 Å². The quantitative estimate of drug-likeness (QED) is 0.862. The smallest absolute Gasteiger partial charge is 0.326 e. The first-order valence-electron chi connectivity index (χ1n) is 7.92. The molecule has 1 N–H and O–H groups in total. The molecule has 2 saturated heterocycles. The van der Waals surface area contributed by atoms with Gasteiger partial charge in [-0.2, -0.15) is 0 Å². The van der Waals surface area contributed by atoms with Crippen LogP contribution in [0.1, 0.15) is 38.5 Å². The number of ether oxygens (including phenoxy) is 1. The van der Waals surface area contributed by atoms with Gasteiger partial charge in [0.05, 0.1) is 0 Å². The minimum absolute atomic E-state index is 0.143. The maximum atomic E-state index is 12.6. The van der Waals surface area contributed by atoms with Crippen molar-refractivity contribution in [3.8, 4) is 0 Å². The molecule has 1 unspecified atom stereocenters. The van der Waals surface area contributed by atoms with Crippen LogP contribution in [0.15, 0.2) is 0 Å². The van der Waals surface area contributed by atoms with Gasteiger partial charge in [-0.3, -0.25) is 0 Å². The van der Waals surface area contributed by atoms with Crippen molar-refractivity contribution in [3.63, 3.8) is 0 Å². The Balaban J connectivity index is 1.96. The molecule has 2 rings (SSSR count). The number of likely N-dealkylation sites (tertiary alicyclic amines) is 1. The highest BCUT2D eigenvalue weighted by Crippen LogP contribution is 2.20. The van der Waals surface area contributed by atoms with Gasteiger partial charge in [0.1, 0.15) is 6.04 Å². The second kappa shape index (κ2) is 7.64. The van der Waals surface area contributed by atoms with E-state index in [4.69, 9.17) is 4.74 Å². The molecule has 21 heavy (non-hydrogen) atoms. The molecule has 0 spiro atoms. The number of rotatable bonds is 3. The van der Waals surface area contributed by atoms with Gasteiger partial charge < -0.3 is 19.6 Å². The van der Waals surface area contributed by atoms with Crippen molar-refractivity contribution in [2.75, 3.05) is 33.4 Å². The molecular formula is C15H26N2O4. The Morgan fingerprint density at radius 3 is 2.57 bits per heavy atom. The highest BCUT2D eigenvalue weighted by atomic mass is 16.5. The van der Waals surface area contributed by atoms with Gasteiger partial charge in [0.15, 0.2) is 0 Å². The number of nitrogens with zero attached hydrogens (tertiary/aromatic N) is 2. The lowest BCUT2D eigenvalue weighted by atomic mass is 10.00. The van der Waals surface area contributed by atoms with E-state index in [0.717, 1.165) is 45.3 Å². The zero-order valence-corrected chi connectivity index (χ0v) is 12.8. The van der Waals surface area contributed by atoms with E-state index in [1.165, 1.54) is 0 Å². The molecule has 2 fully saturated rings. The zero-order valence-electron chi connectivity index (χ0n) is 12.8. The molecule has 0 aromatic heterocycles. The summed E-state index contributed by atoms with van der Waals surface area (Å²) in [4.78, 5) is 27.2. The van der Waals surface area contributed by atoms with Crippen molar-refractivity contribution >= 4 is 12.0 Å². The minimum Gasteiger partial charge on any atom is -0.480 e. The SMILES string of the molecule is CN(CC1CCOCC1)C(=O)N1CCCCCC1C(=O)O. The van der Waals surface area contributed by atoms with Gasteiger partial charge >= 0.3 is 12.0 Å². The van der Waals surface area contributed by atoms with Crippen LogP contribution in [-0.4, -0.2) is 66.3 Å². The van der Waals surface area contributed by atoms with Gasteiger partial charge in [0, 0.05) is 33.4 Å². The van der Waals surface area contributed by atoms with Crippen molar-refractivity contribution in [2.45, 2.75) is 44.6 Å². The number of carbonyl (C=O) groups is 2. The second-order valence-corrected chi connectivity index (χ2v) is 6.12. The first-order valence-corrected chi connectivity index (χ1v) is 7.92. The highest BCUT2D eigenvalue weighted by molar-refractivity contribution is 5.82. The number of carbonyl (C=O) groups excluding carboxylic acids is 1. The number of hydrogen-bond acceptors (Lipinski definition) is 3. The zero-order chi connectivity index (χ0) is 15.2. The molecule has 0 aliphatic carbocycles. The van der Waals surface area contributed by atoms with Crippen molar-refractivity contribution in [1.29, 1.82) is 0 Å². The van der Waals surface area contributed by atoms with E-state index in [1.54, 1.807) is 16.8 Å². The largest absolute Gasteiger partial charge is 0.480 e. The minimum atomic E-state index is -0.885. The Morgan fingerprint density at radius 1 is 1.19 bits per heavy atom. The Labute approximate surface area is 126 Å². The van der Waals surface area contributed by atoms with Crippen molar-refractivity contribution in [1.82, 2.24) is 9.80 Å². The third kappa shape index (κ3) is 4.33. The fraction of sp³-hybridized carbons (Fsp3) is 0.867. The van der Waals surface area contributed by atoms with Crippen LogP contribution < -0.4 is 0 Å². The summed E-state index contributed by atoms with van der Waals surface area (Å²) < 4.78 is 5.33. The number of urea groups is 1. The Hall–Kier alpha value is -1.30. The lowest BCUT2D eigenvalue weighted by Gasteiger charge is -2.33. The standard InChI is InChI=1S/C15H26N2O4/c1-16(11-12-6-9-21-10-7-12)15(20)17-8-4-2-3-5-13(17)14(18)19/h12-13H,2-11H2,1H3,(H,18,19). The Morgan fingerprint density at radius 2 is 1.90 bits per heavy atom. The molecule has 0 saturated carbocycles. The summed E-state index contributed by atoms with van der Waals surface area (Å²) in [5.41, 5.74) is 0. The summed E-state index contributed by atoms with van der Waals surface area (Å²) in [6.07, 6.45) is 5.27. The normalized spacial score (nSPS) is 24.4. The summed E-state index contributed by atoms with van der Waals surface area (Å²) in [5.74, 6) is -0.423. The van der Waals surface area contributed by atoms with Gasteiger partial charge in [0.25, 0.3) is 0 Å². The van der Waals surface area contributed by atoms with E-state index in [-0.39, 0.29) is 6.03 Å². The van der Waals surface area contributed by atoms with Crippen LogP contribution in [0.2, 0.25) is 0 Å². The van der Waals surface area contributed by atoms with Gasteiger partial charge in [-0.1, -0.05) is 12.8 Å². The molecular weight excluding hydrogens is 272 g/mol. The average molecular weight is 298 g/mol. The van der Waals surface area contributed by atoms with Crippen molar-refractivity contribution in [2.24, 2.45) is 5.92 Å². The molecule has 2 amide bonds. The highest BCUT2D eigenvalue weighted by Gasteiger charge is 2.33. The van der Waals surface area contributed by atoms with Gasteiger partial charge in [-0.15, -0.1) is 0 Å². The lowest BCUT2D eigenvalue weighted by molar-refractivity contribution is -0.142. The van der Waals surface area contributed by atoms with E-state index < -0.39 is 12.0 Å². The number of carboxylic acids is 1. The molecule has 0 aromatic rings. The van der Waals surface area contributed by atoms with Gasteiger partial charge in [0.2, 0.25) is 0 Å². The molecule has 0 radical (unpaired) electrons. The monoisotopic (exact) mass is 298 g/mol. The van der Waals surface area contributed by atoms with Crippen molar-refractivity contribution < 1.29 is 19.4 Å². The number of hydrogen-bond donors (Lipinski definition) is 1. The maximum Gasteiger partial charge on any atom is 0.326 e. The predicted octanol–water partition coefficient (Wildman–Crippen LogP) is 1.79. The van der Waals surface area contributed by atoms with Crippen LogP contribution >= 0.6 is 0 Å². The average Bonchev–Trinajstić information content (AvgIpc) is 2.73. The Kier molecular flexibility index (Phi) is 5.85. The van der Waals surface area contributed by atoms with E-state index in [0.29, 0.717) is 25.4 Å². The summed E-state index contributed by atoms with van der Waals surface area (Å²) >= 11 is 0. The van der Waals surface area contributed by atoms with E-state index in [2.05, 4.69) is 0 Å². The second-order valence-electron chi connectivity index (χ2n) is 6.12. The molecule has 6 heteroatoms. The van der Waals surface area contributed by atoms with Crippen LogP contribution in [0.4, 0.5) is 4.79 Å². The first kappa shape index (κ1) is 16.1. The number of aliphatic carboxylic acids is 1. The number of carboxylic acid groups (broad SMARTS) is 1. The van der Waals surface area contributed by atoms with E-state index >= 15 is 0 Å². The molecule has 2 heterocycles. The molecule has 2 aliphatic rings. The molecule has 2 aliphatic heterocycles. The van der Waals surface area contributed by atoms with Crippen molar-refractivity contribution in [3.05, 3.63) is 0 Å². The van der Waals surface area contributed by atoms with Crippen LogP contribution in [-0.2, 0) is 9.53 Å². The third-order valence-electron chi connectivity index (χ3n) is 4.48. The van der Waals surface area contributed by atoms with Gasteiger partial charge in [-0.05, 0) is 31.6 Å². The maximum absolute atomic E-state index is 12.6. The molecule has 0 aromatic carbocycles. The Bertz CT molecular complexity index is 369. The summed E-state index contributed by atoms with van der Waals surface area (Å²) in [6, 6.07) is -0.812.